The fourth-order valence-corrected chi connectivity index (χ4v) is 2.46. The summed E-state index contributed by atoms with van der Waals surface area (Å²) in [5.74, 6) is 0.273. The first-order valence-corrected chi connectivity index (χ1v) is 7.45. The number of halogens is 1. The number of ether oxygens (including phenoxy) is 2. The number of nitrogens with zero attached hydrogens (tertiary/aromatic N) is 2. The van der Waals surface area contributed by atoms with Gasteiger partial charge in [0, 0.05) is 24.1 Å². The van der Waals surface area contributed by atoms with Crippen molar-refractivity contribution in [3.8, 4) is 11.1 Å². The molecule has 0 aliphatic carbocycles. The predicted molar refractivity (Wildman–Crippen MR) is 88.0 cm³/mol. The van der Waals surface area contributed by atoms with Crippen molar-refractivity contribution in [2.24, 2.45) is 0 Å². The van der Waals surface area contributed by atoms with Crippen LogP contribution in [0.5, 0.6) is 0 Å². The number of nitrogens with two attached hydrogens (primary N) is 1. The number of anilines is 1. The molecular weight excluding hydrogens is 302 g/mol. The lowest BCUT2D eigenvalue weighted by Crippen LogP contribution is -2.10. The minimum Gasteiger partial charge on any atom is -0.382 e. The molecule has 1 aromatic carbocycles. The van der Waals surface area contributed by atoms with Gasteiger partial charge in [0.2, 0.25) is 5.95 Å². The molecule has 0 bridgehead atoms. The molecule has 0 amide bonds. The number of aryl methyl sites for hydroxylation is 1. The van der Waals surface area contributed by atoms with Crippen molar-refractivity contribution < 1.29 is 9.47 Å². The van der Waals surface area contributed by atoms with Gasteiger partial charge in [0.1, 0.15) is 0 Å². The zero-order valence-corrected chi connectivity index (χ0v) is 13.6. The number of benzene rings is 1. The number of nitrogen functional groups attached to an aromatic ring is 1. The van der Waals surface area contributed by atoms with Gasteiger partial charge in [0.05, 0.1) is 31.2 Å². The molecule has 2 aromatic rings. The van der Waals surface area contributed by atoms with Crippen LogP contribution >= 0.6 is 11.6 Å². The summed E-state index contributed by atoms with van der Waals surface area (Å²) < 4.78 is 10.5. The van der Waals surface area contributed by atoms with Crippen LogP contribution in [0.25, 0.3) is 11.1 Å². The van der Waals surface area contributed by atoms with Gasteiger partial charge >= 0.3 is 0 Å². The van der Waals surface area contributed by atoms with Crippen LogP contribution in [-0.4, -0.2) is 36.9 Å². The zero-order chi connectivity index (χ0) is 15.9. The first-order valence-electron chi connectivity index (χ1n) is 7.07. The van der Waals surface area contributed by atoms with E-state index in [1.807, 2.05) is 31.2 Å². The fourth-order valence-electron chi connectivity index (χ4n) is 2.27. The molecule has 0 saturated heterocycles. The Bertz CT molecular complexity index is 635. The van der Waals surface area contributed by atoms with Gasteiger partial charge < -0.3 is 15.2 Å². The van der Waals surface area contributed by atoms with E-state index in [9.17, 15) is 0 Å². The zero-order valence-electron chi connectivity index (χ0n) is 12.8. The third kappa shape index (κ3) is 4.40. The molecule has 0 spiro atoms. The van der Waals surface area contributed by atoms with Gasteiger partial charge in [-0.3, -0.25) is 0 Å². The average molecular weight is 322 g/mol. The highest BCUT2D eigenvalue weighted by Crippen LogP contribution is 2.28. The summed E-state index contributed by atoms with van der Waals surface area (Å²) in [6.07, 6.45) is 0.652. The maximum absolute atomic E-state index is 6.09. The lowest BCUT2D eigenvalue weighted by Gasteiger charge is -2.13. The smallest absolute Gasteiger partial charge is 0.220 e. The van der Waals surface area contributed by atoms with Crippen LogP contribution in [0.3, 0.4) is 0 Å². The lowest BCUT2D eigenvalue weighted by molar-refractivity contribution is 0.0720. The molecular formula is C16H20ClN3O2. The maximum Gasteiger partial charge on any atom is 0.220 e. The topological polar surface area (TPSA) is 70.3 Å². The highest BCUT2D eigenvalue weighted by molar-refractivity contribution is 6.30. The van der Waals surface area contributed by atoms with Crippen LogP contribution in [0, 0.1) is 6.92 Å². The summed E-state index contributed by atoms with van der Waals surface area (Å²) in [5.41, 5.74) is 9.43. The van der Waals surface area contributed by atoms with E-state index in [0.717, 1.165) is 22.5 Å². The van der Waals surface area contributed by atoms with E-state index in [4.69, 9.17) is 26.8 Å². The summed E-state index contributed by atoms with van der Waals surface area (Å²) in [6.45, 7) is 3.60. The van der Waals surface area contributed by atoms with Gasteiger partial charge in [-0.05, 0) is 24.6 Å². The van der Waals surface area contributed by atoms with E-state index in [-0.39, 0.29) is 5.95 Å². The second-order valence-electron chi connectivity index (χ2n) is 4.85. The quantitative estimate of drug-likeness (QED) is 0.794. The third-order valence-electron chi connectivity index (χ3n) is 3.21. The molecule has 0 fully saturated rings. The monoisotopic (exact) mass is 321 g/mol. The summed E-state index contributed by atoms with van der Waals surface area (Å²) in [7, 11) is 1.65. The van der Waals surface area contributed by atoms with Crippen molar-refractivity contribution in [3.63, 3.8) is 0 Å². The van der Waals surface area contributed by atoms with Crippen LogP contribution in [0.1, 0.15) is 11.4 Å². The first kappa shape index (κ1) is 16.7. The van der Waals surface area contributed by atoms with E-state index < -0.39 is 0 Å². The molecule has 2 N–H and O–H groups in total. The number of hydrogen-bond donors (Lipinski definition) is 1. The Kier molecular flexibility index (Phi) is 6.12. The molecule has 5 nitrogen and oxygen atoms in total. The summed E-state index contributed by atoms with van der Waals surface area (Å²) >= 11 is 6.09. The highest BCUT2D eigenvalue weighted by Gasteiger charge is 2.13. The third-order valence-corrected chi connectivity index (χ3v) is 3.45. The molecule has 0 aliphatic rings. The van der Waals surface area contributed by atoms with Gasteiger partial charge in [0.25, 0.3) is 0 Å². The van der Waals surface area contributed by atoms with E-state index >= 15 is 0 Å². The Morgan fingerprint density at radius 3 is 2.73 bits per heavy atom. The van der Waals surface area contributed by atoms with Crippen molar-refractivity contribution in [2.75, 3.05) is 32.7 Å². The van der Waals surface area contributed by atoms with Crippen LogP contribution in [0.2, 0.25) is 5.02 Å². The molecule has 6 heteroatoms. The van der Waals surface area contributed by atoms with E-state index in [1.54, 1.807) is 7.11 Å². The Hall–Kier alpha value is -1.69. The van der Waals surface area contributed by atoms with E-state index in [0.29, 0.717) is 31.3 Å². The van der Waals surface area contributed by atoms with Crippen molar-refractivity contribution >= 4 is 17.5 Å². The molecule has 0 saturated carbocycles. The molecule has 0 unspecified atom stereocenters. The van der Waals surface area contributed by atoms with Crippen molar-refractivity contribution in [2.45, 2.75) is 13.3 Å². The number of aromatic nitrogens is 2. The Labute approximate surface area is 135 Å². The van der Waals surface area contributed by atoms with E-state index in [1.165, 1.54) is 0 Å². The summed E-state index contributed by atoms with van der Waals surface area (Å²) in [4.78, 5) is 8.63. The number of rotatable bonds is 7. The van der Waals surface area contributed by atoms with Gasteiger partial charge in [-0.25, -0.2) is 9.97 Å². The van der Waals surface area contributed by atoms with Gasteiger partial charge in [-0.1, -0.05) is 23.7 Å². The maximum atomic E-state index is 6.09. The van der Waals surface area contributed by atoms with Gasteiger partial charge in [0.15, 0.2) is 0 Å². The first-order chi connectivity index (χ1) is 10.6. The van der Waals surface area contributed by atoms with Crippen LogP contribution in [0.4, 0.5) is 5.95 Å². The summed E-state index contributed by atoms with van der Waals surface area (Å²) in [5, 5.41) is 0.677. The largest absolute Gasteiger partial charge is 0.382 e. The fraction of sp³-hybridized carbons (Fsp3) is 0.375. The average Bonchev–Trinajstić information content (AvgIpc) is 2.46. The second-order valence-corrected chi connectivity index (χ2v) is 5.29. The van der Waals surface area contributed by atoms with Crippen molar-refractivity contribution in [1.82, 2.24) is 9.97 Å². The minimum absolute atomic E-state index is 0.273. The summed E-state index contributed by atoms with van der Waals surface area (Å²) in [6, 6.07) is 7.64. The molecule has 1 aromatic heterocycles. The molecule has 1 heterocycles. The molecule has 118 valence electrons. The van der Waals surface area contributed by atoms with E-state index in [2.05, 4.69) is 9.97 Å². The standard InChI is InChI=1S/C16H20ClN3O2/c1-11-15(12-4-3-5-13(17)10-12)14(20-16(18)19-11)6-7-22-9-8-21-2/h3-5,10H,6-9H2,1-2H3,(H2,18,19,20). The Balaban J connectivity index is 2.24. The highest BCUT2D eigenvalue weighted by atomic mass is 35.5. The minimum atomic E-state index is 0.273. The number of hydrogen-bond acceptors (Lipinski definition) is 5. The van der Waals surface area contributed by atoms with Crippen LogP contribution < -0.4 is 5.73 Å². The predicted octanol–water partition coefficient (Wildman–Crippen LogP) is 2.89. The normalized spacial score (nSPS) is 10.9. The number of methoxy groups -OCH3 is 1. The lowest BCUT2D eigenvalue weighted by atomic mass is 10.0. The van der Waals surface area contributed by atoms with Crippen LogP contribution in [0.15, 0.2) is 24.3 Å². The van der Waals surface area contributed by atoms with Gasteiger partial charge in [-0.2, -0.15) is 0 Å². The molecule has 0 atom stereocenters. The van der Waals surface area contributed by atoms with Crippen molar-refractivity contribution in [3.05, 3.63) is 40.7 Å². The second kappa shape index (κ2) is 8.08. The Morgan fingerprint density at radius 1 is 1.18 bits per heavy atom. The molecule has 0 aliphatic heterocycles. The molecule has 0 radical (unpaired) electrons. The molecule has 22 heavy (non-hydrogen) atoms. The van der Waals surface area contributed by atoms with Crippen molar-refractivity contribution in [1.29, 1.82) is 0 Å². The van der Waals surface area contributed by atoms with Crippen LogP contribution in [-0.2, 0) is 15.9 Å². The Morgan fingerprint density at radius 2 is 2.00 bits per heavy atom. The SMILES string of the molecule is COCCOCCc1nc(N)nc(C)c1-c1cccc(Cl)c1. The van der Waals surface area contributed by atoms with Gasteiger partial charge in [-0.15, -0.1) is 0 Å². The molecule has 2 rings (SSSR count).